The maximum atomic E-state index is 12.3. The Hall–Kier alpha value is -2.35. The molecule has 0 aliphatic heterocycles. The number of carbonyl (C=O) groups excluding carboxylic acids is 2. The van der Waals surface area contributed by atoms with Crippen molar-refractivity contribution in [2.24, 2.45) is 11.7 Å². The summed E-state index contributed by atoms with van der Waals surface area (Å²) in [5, 5.41) is 5.74. The molecule has 2 rings (SSSR count). The summed E-state index contributed by atoms with van der Waals surface area (Å²) in [4.78, 5) is 28.7. The summed E-state index contributed by atoms with van der Waals surface area (Å²) in [5.41, 5.74) is 6.77. The largest absolute Gasteiger partial charge is 0.444 e. The van der Waals surface area contributed by atoms with E-state index >= 15 is 0 Å². The van der Waals surface area contributed by atoms with E-state index in [1.54, 1.807) is 12.4 Å². The number of alkyl carbamates (subject to hydrolysis) is 1. The molecule has 8 heteroatoms. The minimum Gasteiger partial charge on any atom is -0.444 e. The van der Waals surface area contributed by atoms with E-state index in [9.17, 15) is 9.59 Å². The van der Waals surface area contributed by atoms with Crippen molar-refractivity contribution in [3.05, 3.63) is 24.0 Å². The predicted molar refractivity (Wildman–Crippen MR) is 116 cm³/mol. The monoisotopic (exact) mass is 420 g/mol. The summed E-state index contributed by atoms with van der Waals surface area (Å²) >= 11 is 0. The highest BCUT2D eigenvalue weighted by Crippen LogP contribution is 2.38. The van der Waals surface area contributed by atoms with Gasteiger partial charge in [0.25, 0.3) is 0 Å². The van der Waals surface area contributed by atoms with Gasteiger partial charge in [0.2, 0.25) is 0 Å². The molecule has 0 spiro atoms. The second kappa shape index (κ2) is 9.20. The number of nitrogens with one attached hydrogen (secondary N) is 2. The fraction of sp³-hybridized carbons (Fsp3) is 0.682. The number of hydrogen-bond acceptors (Lipinski definition) is 6. The number of pyridine rings is 1. The van der Waals surface area contributed by atoms with E-state index in [1.807, 2.05) is 47.6 Å². The number of anilines is 1. The second-order valence-corrected chi connectivity index (χ2v) is 10.1. The molecule has 1 heterocycles. The zero-order valence-electron chi connectivity index (χ0n) is 19.1. The van der Waals surface area contributed by atoms with Gasteiger partial charge in [-0.05, 0) is 77.8 Å². The van der Waals surface area contributed by atoms with Gasteiger partial charge in [-0.2, -0.15) is 0 Å². The van der Waals surface area contributed by atoms with Crippen molar-refractivity contribution in [3.8, 4) is 0 Å². The highest BCUT2D eigenvalue weighted by atomic mass is 16.6. The lowest BCUT2D eigenvalue weighted by atomic mass is 9.73. The van der Waals surface area contributed by atoms with Crippen molar-refractivity contribution >= 4 is 17.9 Å². The average Bonchev–Trinajstić information content (AvgIpc) is 2.55. The number of ether oxygens (including phenoxy) is 2. The summed E-state index contributed by atoms with van der Waals surface area (Å²) in [6.45, 7) is 13.0. The maximum absolute atomic E-state index is 12.3. The molecule has 4 N–H and O–H groups in total. The SMILES string of the molecule is CC1CC(c2ccncc2NC(=O)OC(C)(C)C)CC(NC(=O)OC(C)(C)C)C1N. The molecule has 1 aliphatic carbocycles. The van der Waals surface area contributed by atoms with Gasteiger partial charge in [-0.15, -0.1) is 0 Å². The smallest absolute Gasteiger partial charge is 0.412 e. The maximum Gasteiger partial charge on any atom is 0.412 e. The van der Waals surface area contributed by atoms with Crippen LogP contribution in [0.5, 0.6) is 0 Å². The van der Waals surface area contributed by atoms with Gasteiger partial charge in [0.1, 0.15) is 11.2 Å². The standard InChI is InChI=1S/C22H36N4O4/c1-13-10-14(11-16(18(13)23)25-19(27)29-21(2,3)4)15-8-9-24-12-17(15)26-20(28)30-22(5,6)7/h8-9,12-14,16,18H,10-11,23H2,1-7H3,(H,25,27)(H,26,28). The number of carbonyl (C=O) groups is 2. The molecule has 0 aromatic carbocycles. The van der Waals surface area contributed by atoms with Crippen LogP contribution in [0.15, 0.2) is 18.5 Å². The van der Waals surface area contributed by atoms with Crippen molar-refractivity contribution in [2.75, 3.05) is 5.32 Å². The number of nitrogens with zero attached hydrogens (tertiary/aromatic N) is 1. The van der Waals surface area contributed by atoms with Crippen LogP contribution in [0.1, 0.15) is 72.8 Å². The molecule has 1 fully saturated rings. The van der Waals surface area contributed by atoms with Gasteiger partial charge in [0.15, 0.2) is 0 Å². The first-order valence-corrected chi connectivity index (χ1v) is 10.4. The van der Waals surface area contributed by atoms with Gasteiger partial charge in [-0.25, -0.2) is 9.59 Å². The third kappa shape index (κ3) is 7.16. The van der Waals surface area contributed by atoms with Crippen LogP contribution in [0.3, 0.4) is 0 Å². The molecule has 1 aromatic rings. The van der Waals surface area contributed by atoms with Crippen LogP contribution in [-0.2, 0) is 9.47 Å². The van der Waals surface area contributed by atoms with Crippen molar-refractivity contribution in [3.63, 3.8) is 0 Å². The highest BCUT2D eigenvalue weighted by Gasteiger charge is 2.36. The Kier molecular flexibility index (Phi) is 7.34. The summed E-state index contributed by atoms with van der Waals surface area (Å²) in [7, 11) is 0. The quantitative estimate of drug-likeness (QED) is 0.676. The van der Waals surface area contributed by atoms with Crippen LogP contribution in [0.2, 0.25) is 0 Å². The Morgan fingerprint density at radius 3 is 2.27 bits per heavy atom. The van der Waals surface area contributed by atoms with E-state index in [1.165, 1.54) is 0 Å². The van der Waals surface area contributed by atoms with Crippen LogP contribution in [0, 0.1) is 5.92 Å². The first-order valence-electron chi connectivity index (χ1n) is 10.4. The summed E-state index contributed by atoms with van der Waals surface area (Å²) < 4.78 is 10.8. The predicted octanol–water partition coefficient (Wildman–Crippen LogP) is 4.16. The fourth-order valence-electron chi connectivity index (χ4n) is 3.71. The van der Waals surface area contributed by atoms with Crippen molar-refractivity contribution in [2.45, 2.75) is 90.5 Å². The molecule has 0 bridgehead atoms. The molecule has 0 saturated heterocycles. The zero-order valence-corrected chi connectivity index (χ0v) is 19.1. The molecule has 4 atom stereocenters. The second-order valence-electron chi connectivity index (χ2n) is 10.1. The molecule has 168 valence electrons. The molecule has 30 heavy (non-hydrogen) atoms. The molecule has 1 aliphatic rings. The number of aromatic nitrogens is 1. The number of rotatable bonds is 3. The van der Waals surface area contributed by atoms with Gasteiger partial charge in [0.05, 0.1) is 11.9 Å². The van der Waals surface area contributed by atoms with E-state index < -0.39 is 23.4 Å². The minimum atomic E-state index is -0.596. The molecule has 2 amide bonds. The van der Waals surface area contributed by atoms with Gasteiger partial charge in [-0.1, -0.05) is 6.92 Å². The van der Waals surface area contributed by atoms with E-state index in [2.05, 4.69) is 22.5 Å². The number of hydrogen-bond donors (Lipinski definition) is 3. The van der Waals surface area contributed by atoms with Crippen LogP contribution < -0.4 is 16.4 Å². The zero-order chi connectivity index (χ0) is 22.7. The molecule has 1 saturated carbocycles. The Morgan fingerprint density at radius 2 is 1.67 bits per heavy atom. The molecule has 0 radical (unpaired) electrons. The molecular formula is C22H36N4O4. The third-order valence-electron chi connectivity index (χ3n) is 4.95. The first-order chi connectivity index (χ1) is 13.7. The molecular weight excluding hydrogens is 384 g/mol. The van der Waals surface area contributed by atoms with E-state index in [0.29, 0.717) is 12.1 Å². The average molecular weight is 421 g/mol. The fourth-order valence-corrected chi connectivity index (χ4v) is 3.71. The van der Waals surface area contributed by atoms with E-state index in [-0.39, 0.29) is 23.9 Å². The summed E-state index contributed by atoms with van der Waals surface area (Å²) in [6.07, 6.45) is 3.79. The number of nitrogens with two attached hydrogens (primary N) is 1. The lowest BCUT2D eigenvalue weighted by Crippen LogP contribution is -2.55. The summed E-state index contributed by atoms with van der Waals surface area (Å²) in [5.74, 6) is 0.263. The normalized spacial score (nSPS) is 24.7. The van der Waals surface area contributed by atoms with Gasteiger partial charge in [-0.3, -0.25) is 10.3 Å². The molecule has 4 unspecified atom stereocenters. The first kappa shape index (κ1) is 23.9. The van der Waals surface area contributed by atoms with Crippen LogP contribution in [0.4, 0.5) is 15.3 Å². The Balaban J connectivity index is 2.17. The van der Waals surface area contributed by atoms with Gasteiger partial charge in [0, 0.05) is 18.3 Å². The van der Waals surface area contributed by atoms with Crippen LogP contribution in [0.25, 0.3) is 0 Å². The third-order valence-corrected chi connectivity index (χ3v) is 4.95. The van der Waals surface area contributed by atoms with Crippen molar-refractivity contribution < 1.29 is 19.1 Å². The Labute approximate surface area is 179 Å². The minimum absolute atomic E-state index is 0.0904. The van der Waals surface area contributed by atoms with E-state index in [0.717, 1.165) is 12.0 Å². The summed E-state index contributed by atoms with van der Waals surface area (Å²) in [6, 6.07) is 1.47. The molecule has 1 aromatic heterocycles. The lowest BCUT2D eigenvalue weighted by molar-refractivity contribution is 0.0470. The van der Waals surface area contributed by atoms with Crippen LogP contribution >= 0.6 is 0 Å². The van der Waals surface area contributed by atoms with Crippen molar-refractivity contribution in [1.82, 2.24) is 10.3 Å². The van der Waals surface area contributed by atoms with Gasteiger partial charge >= 0.3 is 12.2 Å². The highest BCUT2D eigenvalue weighted by molar-refractivity contribution is 5.85. The lowest BCUT2D eigenvalue weighted by Gasteiger charge is -2.39. The molecule has 8 nitrogen and oxygen atoms in total. The van der Waals surface area contributed by atoms with Crippen LogP contribution in [-0.4, -0.2) is 40.5 Å². The Morgan fingerprint density at radius 1 is 1.07 bits per heavy atom. The number of amides is 2. The topological polar surface area (TPSA) is 116 Å². The Bertz CT molecular complexity index is 754. The van der Waals surface area contributed by atoms with E-state index in [4.69, 9.17) is 15.2 Å². The van der Waals surface area contributed by atoms with Gasteiger partial charge < -0.3 is 20.5 Å². The van der Waals surface area contributed by atoms with Crippen molar-refractivity contribution in [1.29, 1.82) is 0 Å².